The van der Waals surface area contributed by atoms with Gasteiger partial charge in [-0.3, -0.25) is 4.79 Å². The van der Waals surface area contributed by atoms with E-state index in [4.69, 9.17) is 5.73 Å². The normalized spacial score (nSPS) is 22.9. The first-order valence-electron chi connectivity index (χ1n) is 5.88. The van der Waals surface area contributed by atoms with Crippen LogP contribution in [0.25, 0.3) is 0 Å². The second-order valence-corrected chi connectivity index (χ2v) is 4.48. The Morgan fingerprint density at radius 2 is 2.33 bits per heavy atom. The molecule has 1 saturated heterocycles. The van der Waals surface area contributed by atoms with Gasteiger partial charge in [-0.05, 0) is 45.8 Å². The monoisotopic (exact) mass is 213 g/mol. The number of hydrogen-bond donors (Lipinski definition) is 2. The molecule has 0 saturated carbocycles. The predicted octanol–water partition coefficient (Wildman–Crippen LogP) is 0.326. The third-order valence-corrected chi connectivity index (χ3v) is 2.91. The molecule has 1 amide bonds. The third kappa shape index (κ3) is 5.74. The lowest BCUT2D eigenvalue weighted by Gasteiger charge is -2.30. The van der Waals surface area contributed by atoms with Crippen molar-refractivity contribution >= 4 is 5.91 Å². The second kappa shape index (κ2) is 6.80. The van der Waals surface area contributed by atoms with Crippen LogP contribution in [-0.4, -0.2) is 43.5 Å². The molecule has 0 aliphatic carbocycles. The number of amides is 1. The van der Waals surface area contributed by atoms with Gasteiger partial charge >= 0.3 is 0 Å². The molecule has 0 bridgehead atoms. The van der Waals surface area contributed by atoms with E-state index in [2.05, 4.69) is 17.3 Å². The lowest BCUT2D eigenvalue weighted by molar-refractivity contribution is -0.118. The van der Waals surface area contributed by atoms with Gasteiger partial charge in [-0.15, -0.1) is 0 Å². The van der Waals surface area contributed by atoms with Crippen LogP contribution in [0.4, 0.5) is 0 Å². The molecule has 1 fully saturated rings. The zero-order valence-corrected chi connectivity index (χ0v) is 9.67. The highest BCUT2D eigenvalue weighted by molar-refractivity contribution is 5.73. The van der Waals surface area contributed by atoms with E-state index in [-0.39, 0.29) is 5.91 Å². The number of likely N-dealkylation sites (tertiary alicyclic amines) is 1. The molecule has 0 radical (unpaired) electrons. The molecule has 1 unspecified atom stereocenters. The van der Waals surface area contributed by atoms with Gasteiger partial charge in [0.25, 0.3) is 0 Å². The first-order valence-corrected chi connectivity index (χ1v) is 5.88. The summed E-state index contributed by atoms with van der Waals surface area (Å²) >= 11 is 0. The smallest absolute Gasteiger partial charge is 0.217 e. The topological polar surface area (TPSA) is 58.4 Å². The molecule has 1 atom stereocenters. The largest absolute Gasteiger partial charge is 0.370 e. The van der Waals surface area contributed by atoms with Crippen molar-refractivity contribution in [2.45, 2.75) is 38.1 Å². The van der Waals surface area contributed by atoms with Crippen LogP contribution in [0.15, 0.2) is 0 Å². The average Bonchev–Trinajstić information content (AvgIpc) is 2.17. The van der Waals surface area contributed by atoms with Crippen molar-refractivity contribution in [1.29, 1.82) is 0 Å². The Balaban J connectivity index is 1.97. The first kappa shape index (κ1) is 12.5. The summed E-state index contributed by atoms with van der Waals surface area (Å²) in [6.45, 7) is 3.38. The molecule has 0 aromatic carbocycles. The number of hydrogen-bond acceptors (Lipinski definition) is 3. The van der Waals surface area contributed by atoms with Crippen LogP contribution in [0.3, 0.4) is 0 Å². The number of unbranched alkanes of at least 4 members (excludes halogenated alkanes) is 1. The van der Waals surface area contributed by atoms with Crippen LogP contribution in [0.5, 0.6) is 0 Å². The van der Waals surface area contributed by atoms with Gasteiger partial charge in [0.15, 0.2) is 0 Å². The van der Waals surface area contributed by atoms with Crippen molar-refractivity contribution in [2.75, 3.05) is 26.7 Å². The number of piperidine rings is 1. The highest BCUT2D eigenvalue weighted by atomic mass is 16.1. The molecular weight excluding hydrogens is 190 g/mol. The average molecular weight is 213 g/mol. The molecule has 1 aliphatic heterocycles. The van der Waals surface area contributed by atoms with Crippen LogP contribution < -0.4 is 11.1 Å². The lowest BCUT2D eigenvalue weighted by Crippen LogP contribution is -2.44. The molecule has 0 aromatic rings. The Labute approximate surface area is 92.2 Å². The molecule has 0 aromatic heterocycles. The summed E-state index contributed by atoms with van der Waals surface area (Å²) in [7, 11) is 2.17. The van der Waals surface area contributed by atoms with E-state index in [1.54, 1.807) is 0 Å². The van der Waals surface area contributed by atoms with E-state index in [1.165, 1.54) is 19.4 Å². The minimum absolute atomic E-state index is 0.188. The number of nitrogens with zero attached hydrogens (tertiary/aromatic N) is 1. The minimum Gasteiger partial charge on any atom is -0.370 e. The van der Waals surface area contributed by atoms with Crippen molar-refractivity contribution in [1.82, 2.24) is 10.2 Å². The SMILES string of the molecule is CN1CCCC(NCCCCC(N)=O)C1. The Hall–Kier alpha value is -0.610. The van der Waals surface area contributed by atoms with E-state index in [0.717, 1.165) is 25.9 Å². The maximum absolute atomic E-state index is 10.5. The second-order valence-electron chi connectivity index (χ2n) is 4.48. The van der Waals surface area contributed by atoms with Gasteiger partial charge in [0.1, 0.15) is 0 Å². The van der Waals surface area contributed by atoms with Crippen LogP contribution in [0.2, 0.25) is 0 Å². The molecule has 3 N–H and O–H groups in total. The van der Waals surface area contributed by atoms with Crippen molar-refractivity contribution in [2.24, 2.45) is 5.73 Å². The highest BCUT2D eigenvalue weighted by Crippen LogP contribution is 2.07. The fourth-order valence-corrected chi connectivity index (χ4v) is 2.06. The molecule has 4 nitrogen and oxygen atoms in total. The number of likely N-dealkylation sites (N-methyl/N-ethyl adjacent to an activating group) is 1. The predicted molar refractivity (Wildman–Crippen MR) is 61.6 cm³/mol. The quantitative estimate of drug-likeness (QED) is 0.625. The molecule has 15 heavy (non-hydrogen) atoms. The van der Waals surface area contributed by atoms with E-state index in [0.29, 0.717) is 12.5 Å². The Kier molecular flexibility index (Phi) is 5.65. The molecule has 0 spiro atoms. The maximum Gasteiger partial charge on any atom is 0.217 e. The zero-order chi connectivity index (χ0) is 11.1. The Morgan fingerprint density at radius 1 is 1.53 bits per heavy atom. The summed E-state index contributed by atoms with van der Waals surface area (Å²) in [6, 6.07) is 0.636. The lowest BCUT2D eigenvalue weighted by atomic mass is 10.1. The van der Waals surface area contributed by atoms with Gasteiger partial charge < -0.3 is 16.0 Å². The number of nitrogens with one attached hydrogen (secondary N) is 1. The van der Waals surface area contributed by atoms with Gasteiger partial charge in [0.05, 0.1) is 0 Å². The summed E-state index contributed by atoms with van der Waals surface area (Å²) < 4.78 is 0. The third-order valence-electron chi connectivity index (χ3n) is 2.91. The number of nitrogens with two attached hydrogens (primary N) is 1. The summed E-state index contributed by atoms with van der Waals surface area (Å²) in [6.07, 6.45) is 5.04. The summed E-state index contributed by atoms with van der Waals surface area (Å²) in [4.78, 5) is 12.9. The molecule has 1 heterocycles. The van der Waals surface area contributed by atoms with Crippen molar-refractivity contribution in [3.63, 3.8) is 0 Å². The number of carbonyl (C=O) groups excluding carboxylic acids is 1. The molecule has 1 aliphatic rings. The summed E-state index contributed by atoms with van der Waals surface area (Å²) in [5.41, 5.74) is 5.07. The number of rotatable bonds is 6. The van der Waals surface area contributed by atoms with E-state index < -0.39 is 0 Å². The van der Waals surface area contributed by atoms with Gasteiger partial charge in [0, 0.05) is 19.0 Å². The minimum atomic E-state index is -0.188. The van der Waals surface area contributed by atoms with Crippen LogP contribution in [0, 0.1) is 0 Å². The molecule has 4 heteroatoms. The summed E-state index contributed by atoms with van der Waals surface area (Å²) in [5.74, 6) is -0.188. The zero-order valence-electron chi connectivity index (χ0n) is 9.67. The van der Waals surface area contributed by atoms with Crippen LogP contribution in [-0.2, 0) is 4.79 Å². The fourth-order valence-electron chi connectivity index (χ4n) is 2.06. The van der Waals surface area contributed by atoms with Crippen molar-refractivity contribution in [3.05, 3.63) is 0 Å². The number of primary amides is 1. The van der Waals surface area contributed by atoms with Gasteiger partial charge in [0.2, 0.25) is 5.91 Å². The first-order chi connectivity index (χ1) is 7.18. The molecular formula is C11H23N3O. The van der Waals surface area contributed by atoms with Crippen molar-refractivity contribution in [3.8, 4) is 0 Å². The number of carbonyl (C=O) groups is 1. The van der Waals surface area contributed by atoms with Gasteiger partial charge in [-0.25, -0.2) is 0 Å². The maximum atomic E-state index is 10.5. The molecule has 1 rings (SSSR count). The highest BCUT2D eigenvalue weighted by Gasteiger charge is 2.15. The van der Waals surface area contributed by atoms with E-state index in [1.807, 2.05) is 0 Å². The summed E-state index contributed by atoms with van der Waals surface area (Å²) in [5, 5.41) is 3.53. The Morgan fingerprint density at radius 3 is 3.00 bits per heavy atom. The molecule has 88 valence electrons. The van der Waals surface area contributed by atoms with E-state index >= 15 is 0 Å². The fraction of sp³-hybridized carbons (Fsp3) is 0.909. The standard InChI is InChI=1S/C11H23N3O/c1-14-8-4-5-10(9-14)13-7-3-2-6-11(12)15/h10,13H,2-9H2,1H3,(H2,12,15). The van der Waals surface area contributed by atoms with Crippen LogP contribution >= 0.6 is 0 Å². The van der Waals surface area contributed by atoms with Crippen molar-refractivity contribution < 1.29 is 4.79 Å². The van der Waals surface area contributed by atoms with Crippen LogP contribution in [0.1, 0.15) is 32.1 Å². The van der Waals surface area contributed by atoms with E-state index in [9.17, 15) is 4.79 Å². The Bertz CT molecular complexity index is 196. The van der Waals surface area contributed by atoms with Gasteiger partial charge in [-0.1, -0.05) is 0 Å². The van der Waals surface area contributed by atoms with Gasteiger partial charge in [-0.2, -0.15) is 0 Å².